The second-order valence-electron chi connectivity index (χ2n) is 5.23. The first-order chi connectivity index (χ1) is 8.02. The van der Waals surface area contributed by atoms with Crippen LogP contribution in [0.1, 0.15) is 53.9 Å². The van der Waals surface area contributed by atoms with Crippen LogP contribution >= 0.6 is 0 Å². The van der Waals surface area contributed by atoms with Crippen LogP contribution in [0.15, 0.2) is 0 Å². The van der Waals surface area contributed by atoms with Gasteiger partial charge in [-0.25, -0.2) is 0 Å². The van der Waals surface area contributed by atoms with Crippen LogP contribution in [0, 0.1) is 5.92 Å². The molecule has 0 spiro atoms. The monoisotopic (exact) mass is 241 g/mol. The van der Waals surface area contributed by atoms with Gasteiger partial charge in [-0.3, -0.25) is 4.79 Å². The van der Waals surface area contributed by atoms with Gasteiger partial charge in [-0.1, -0.05) is 13.8 Å². The van der Waals surface area contributed by atoms with Gasteiger partial charge in [0.1, 0.15) is 0 Å². The molecule has 1 amide bonds. The van der Waals surface area contributed by atoms with E-state index < -0.39 is 0 Å². The van der Waals surface area contributed by atoms with Crippen LogP contribution < -0.4 is 0 Å². The van der Waals surface area contributed by atoms with E-state index in [1.165, 1.54) is 0 Å². The Morgan fingerprint density at radius 1 is 1.29 bits per heavy atom. The molecule has 0 aromatic heterocycles. The zero-order valence-corrected chi connectivity index (χ0v) is 11.9. The van der Waals surface area contributed by atoms with Crippen molar-refractivity contribution in [3.05, 3.63) is 0 Å². The van der Waals surface area contributed by atoms with Gasteiger partial charge in [0.05, 0.1) is 12.0 Å². The van der Waals surface area contributed by atoms with Crippen LogP contribution in [0.4, 0.5) is 0 Å². The summed E-state index contributed by atoms with van der Waals surface area (Å²) in [7, 11) is 0. The molecule has 17 heavy (non-hydrogen) atoms. The van der Waals surface area contributed by atoms with Crippen molar-refractivity contribution >= 4 is 5.91 Å². The first-order valence-corrected chi connectivity index (χ1v) is 6.96. The third kappa shape index (κ3) is 3.21. The number of hydrogen-bond acceptors (Lipinski definition) is 2. The van der Waals surface area contributed by atoms with Gasteiger partial charge in [0, 0.05) is 18.7 Å². The van der Waals surface area contributed by atoms with Crippen LogP contribution in [0.5, 0.6) is 0 Å². The molecule has 1 aliphatic rings. The maximum atomic E-state index is 12.6. The topological polar surface area (TPSA) is 29.5 Å². The highest BCUT2D eigenvalue weighted by atomic mass is 16.5. The minimum atomic E-state index is 0.0676. The molecule has 0 N–H and O–H groups in total. The van der Waals surface area contributed by atoms with E-state index in [2.05, 4.69) is 32.6 Å². The molecule has 0 aliphatic carbocycles. The van der Waals surface area contributed by atoms with E-state index in [9.17, 15) is 4.79 Å². The quantitative estimate of drug-likeness (QED) is 0.740. The third-order valence-electron chi connectivity index (χ3n) is 4.08. The summed E-state index contributed by atoms with van der Waals surface area (Å²) in [6, 6.07) is 0.649. The molecule has 1 saturated heterocycles. The van der Waals surface area contributed by atoms with Crippen molar-refractivity contribution in [2.24, 2.45) is 5.92 Å². The highest BCUT2D eigenvalue weighted by Gasteiger charge is 2.36. The van der Waals surface area contributed by atoms with Crippen molar-refractivity contribution in [1.82, 2.24) is 4.90 Å². The van der Waals surface area contributed by atoms with E-state index in [0.717, 1.165) is 25.9 Å². The van der Waals surface area contributed by atoms with Crippen LogP contribution in [0.3, 0.4) is 0 Å². The molecule has 0 aromatic carbocycles. The van der Waals surface area contributed by atoms with Crippen molar-refractivity contribution in [2.75, 3.05) is 6.61 Å². The van der Waals surface area contributed by atoms with Crippen LogP contribution in [0.2, 0.25) is 0 Å². The Bertz CT molecular complexity index is 245. The van der Waals surface area contributed by atoms with E-state index >= 15 is 0 Å². The number of carbonyl (C=O) groups is 1. The number of rotatable bonds is 5. The summed E-state index contributed by atoms with van der Waals surface area (Å²) in [4.78, 5) is 14.7. The minimum Gasteiger partial charge on any atom is -0.378 e. The van der Waals surface area contributed by atoms with Crippen molar-refractivity contribution < 1.29 is 9.53 Å². The molecule has 0 unspecified atom stereocenters. The maximum Gasteiger partial charge on any atom is 0.228 e. The molecular formula is C14H27NO2. The Hall–Kier alpha value is -0.570. The first kappa shape index (κ1) is 14.5. The van der Waals surface area contributed by atoms with Crippen molar-refractivity contribution in [1.29, 1.82) is 0 Å². The summed E-state index contributed by atoms with van der Waals surface area (Å²) in [5, 5.41) is 0. The lowest BCUT2D eigenvalue weighted by atomic mass is 9.98. The van der Waals surface area contributed by atoms with Gasteiger partial charge in [-0.2, -0.15) is 0 Å². The normalized spacial score (nSPS) is 27.8. The number of carbonyl (C=O) groups excluding carboxylic acids is 1. The molecule has 0 aromatic rings. The number of ether oxygens (including phenoxy) is 1. The minimum absolute atomic E-state index is 0.0676. The number of amides is 1. The second kappa shape index (κ2) is 6.39. The Balaban J connectivity index is 2.78. The first-order valence-electron chi connectivity index (χ1n) is 6.96. The molecule has 0 radical (unpaired) electrons. The lowest BCUT2D eigenvalue weighted by Gasteiger charge is -2.36. The molecule has 3 heteroatoms. The Kier molecular flexibility index (Phi) is 5.44. The zero-order valence-electron chi connectivity index (χ0n) is 11.9. The van der Waals surface area contributed by atoms with Gasteiger partial charge in [0.25, 0.3) is 0 Å². The molecule has 1 aliphatic heterocycles. The van der Waals surface area contributed by atoms with Gasteiger partial charge >= 0.3 is 0 Å². The lowest BCUT2D eigenvalue weighted by Crippen LogP contribution is -2.48. The highest BCUT2D eigenvalue weighted by molar-refractivity contribution is 5.80. The summed E-state index contributed by atoms with van der Waals surface area (Å²) in [5.74, 6) is 0.358. The van der Waals surface area contributed by atoms with E-state index in [-0.39, 0.29) is 12.0 Å². The van der Waals surface area contributed by atoms with E-state index in [1.54, 1.807) is 0 Å². The van der Waals surface area contributed by atoms with Gasteiger partial charge in [-0.15, -0.1) is 0 Å². The second-order valence-corrected chi connectivity index (χ2v) is 5.23. The number of hydrogen-bond donors (Lipinski definition) is 0. The molecule has 1 rings (SSSR count). The lowest BCUT2D eigenvalue weighted by molar-refractivity contribution is -0.141. The summed E-state index contributed by atoms with van der Waals surface area (Å²) >= 11 is 0. The predicted octanol–water partition coefficient (Wildman–Crippen LogP) is 2.84. The van der Waals surface area contributed by atoms with Crippen molar-refractivity contribution in [3.63, 3.8) is 0 Å². The zero-order chi connectivity index (χ0) is 13.0. The molecule has 0 bridgehead atoms. The molecule has 1 fully saturated rings. The van der Waals surface area contributed by atoms with E-state index in [4.69, 9.17) is 4.74 Å². The van der Waals surface area contributed by atoms with Gasteiger partial charge in [0.2, 0.25) is 5.91 Å². The fourth-order valence-corrected chi connectivity index (χ4v) is 2.51. The van der Waals surface area contributed by atoms with Crippen LogP contribution in [-0.2, 0) is 9.53 Å². The average molecular weight is 241 g/mol. The van der Waals surface area contributed by atoms with Gasteiger partial charge in [-0.05, 0) is 40.0 Å². The molecule has 100 valence electrons. The Morgan fingerprint density at radius 2 is 1.82 bits per heavy atom. The Labute approximate surface area is 106 Å². The maximum absolute atomic E-state index is 12.6. The van der Waals surface area contributed by atoms with Crippen molar-refractivity contribution in [3.8, 4) is 0 Å². The molecule has 4 atom stereocenters. The summed E-state index contributed by atoms with van der Waals surface area (Å²) < 4.78 is 5.52. The molecular weight excluding hydrogens is 214 g/mol. The molecule has 0 saturated carbocycles. The standard InChI is InChI=1S/C14H27NO2/c1-6-10(3)15(11(4)7-2)14(16)13-8-9-17-12(13)5/h10-13H,6-9H2,1-5H3/t10-,11+,12-,13+/m0/s1. The van der Waals surface area contributed by atoms with E-state index in [0.29, 0.717) is 18.0 Å². The smallest absolute Gasteiger partial charge is 0.228 e. The predicted molar refractivity (Wildman–Crippen MR) is 69.9 cm³/mol. The average Bonchev–Trinajstić information content (AvgIpc) is 2.74. The molecule has 3 nitrogen and oxygen atoms in total. The van der Waals surface area contributed by atoms with Crippen LogP contribution in [0.25, 0.3) is 0 Å². The van der Waals surface area contributed by atoms with Gasteiger partial charge < -0.3 is 9.64 Å². The van der Waals surface area contributed by atoms with Crippen molar-refractivity contribution in [2.45, 2.75) is 72.1 Å². The largest absolute Gasteiger partial charge is 0.378 e. The summed E-state index contributed by atoms with van der Waals surface area (Å²) in [6.07, 6.45) is 2.98. The third-order valence-corrected chi connectivity index (χ3v) is 4.08. The van der Waals surface area contributed by atoms with E-state index in [1.807, 2.05) is 6.92 Å². The summed E-state index contributed by atoms with van der Waals surface area (Å²) in [5.41, 5.74) is 0. The van der Waals surface area contributed by atoms with Crippen LogP contribution in [-0.4, -0.2) is 35.6 Å². The molecule has 1 heterocycles. The fourth-order valence-electron chi connectivity index (χ4n) is 2.51. The fraction of sp³-hybridized carbons (Fsp3) is 0.929. The SMILES string of the molecule is CC[C@@H](C)N(C(=O)[C@@H]1CCO[C@H]1C)[C@@H](C)CC. The summed E-state index contributed by atoms with van der Waals surface area (Å²) in [6.45, 7) is 11.3. The van der Waals surface area contributed by atoms with Gasteiger partial charge in [0.15, 0.2) is 0 Å². The Morgan fingerprint density at radius 3 is 2.18 bits per heavy atom. The number of nitrogens with zero attached hydrogens (tertiary/aromatic N) is 1. The highest BCUT2D eigenvalue weighted by Crippen LogP contribution is 2.25.